The van der Waals surface area contributed by atoms with Crippen molar-refractivity contribution in [2.45, 2.75) is 13.3 Å². The Labute approximate surface area is 136 Å². The van der Waals surface area contributed by atoms with Crippen LogP contribution in [0.2, 0.25) is 0 Å². The third-order valence-corrected chi connectivity index (χ3v) is 3.93. The zero-order valence-electron chi connectivity index (χ0n) is 13.3. The summed E-state index contributed by atoms with van der Waals surface area (Å²) in [4.78, 5) is 14.5. The molecule has 4 heteroatoms. The van der Waals surface area contributed by atoms with E-state index in [1.165, 1.54) is 5.56 Å². The average Bonchev–Trinajstić information content (AvgIpc) is 3.03. The molecule has 4 nitrogen and oxygen atoms in total. The summed E-state index contributed by atoms with van der Waals surface area (Å²) in [6.07, 6.45) is 0.917. The van der Waals surface area contributed by atoms with Crippen molar-refractivity contribution in [2.75, 3.05) is 31.3 Å². The van der Waals surface area contributed by atoms with E-state index in [0.717, 1.165) is 24.4 Å². The molecule has 1 amide bonds. The first-order chi connectivity index (χ1) is 11.3. The summed E-state index contributed by atoms with van der Waals surface area (Å²) in [6.45, 7) is 4.47. The van der Waals surface area contributed by atoms with E-state index in [2.05, 4.69) is 6.07 Å². The highest BCUT2D eigenvalue weighted by molar-refractivity contribution is 6.07. The van der Waals surface area contributed by atoms with Crippen LogP contribution in [-0.4, -0.2) is 32.3 Å². The fraction of sp³-hybridized carbons (Fsp3) is 0.316. The van der Waals surface area contributed by atoms with Crippen LogP contribution in [0.3, 0.4) is 0 Å². The number of carbonyl (C=O) groups is 1. The maximum atomic E-state index is 12.7. The van der Waals surface area contributed by atoms with Gasteiger partial charge in [-0.25, -0.2) is 0 Å². The monoisotopic (exact) mass is 311 g/mol. The van der Waals surface area contributed by atoms with Gasteiger partial charge in [-0.1, -0.05) is 18.2 Å². The van der Waals surface area contributed by atoms with Crippen LogP contribution in [0.4, 0.5) is 5.69 Å². The molecule has 0 N–H and O–H groups in total. The number of para-hydroxylation sites is 1. The molecule has 0 saturated heterocycles. The molecule has 2 aromatic carbocycles. The van der Waals surface area contributed by atoms with Gasteiger partial charge in [0.25, 0.3) is 5.91 Å². The molecule has 0 radical (unpaired) electrons. The van der Waals surface area contributed by atoms with Crippen LogP contribution >= 0.6 is 0 Å². The maximum absolute atomic E-state index is 12.7. The number of rotatable bonds is 6. The minimum atomic E-state index is 0.0378. The van der Waals surface area contributed by atoms with Gasteiger partial charge in [0.15, 0.2) is 0 Å². The Kier molecular flexibility index (Phi) is 4.93. The topological polar surface area (TPSA) is 38.8 Å². The van der Waals surface area contributed by atoms with E-state index in [-0.39, 0.29) is 5.91 Å². The molecule has 0 fully saturated rings. The van der Waals surface area contributed by atoms with Gasteiger partial charge in [-0.3, -0.25) is 4.79 Å². The Hall–Kier alpha value is -2.33. The highest BCUT2D eigenvalue weighted by atomic mass is 16.5. The maximum Gasteiger partial charge on any atom is 0.258 e. The SMILES string of the molecule is CCOCCOc1ccc(C(=O)N2CCc3ccccc32)cc1. The lowest BCUT2D eigenvalue weighted by Gasteiger charge is -2.17. The summed E-state index contributed by atoms with van der Waals surface area (Å²) < 4.78 is 10.8. The van der Waals surface area contributed by atoms with Gasteiger partial charge in [0.2, 0.25) is 0 Å². The molecule has 3 rings (SSSR count). The number of anilines is 1. The van der Waals surface area contributed by atoms with Crippen molar-refractivity contribution in [3.63, 3.8) is 0 Å². The van der Waals surface area contributed by atoms with Crippen molar-refractivity contribution < 1.29 is 14.3 Å². The molecular weight excluding hydrogens is 290 g/mol. The molecule has 0 aliphatic carbocycles. The van der Waals surface area contributed by atoms with Crippen LogP contribution in [-0.2, 0) is 11.2 Å². The predicted molar refractivity (Wildman–Crippen MR) is 90.3 cm³/mol. The van der Waals surface area contributed by atoms with Gasteiger partial charge in [0, 0.05) is 24.4 Å². The summed E-state index contributed by atoms with van der Waals surface area (Å²) >= 11 is 0. The largest absolute Gasteiger partial charge is 0.491 e. The Morgan fingerprint density at radius 3 is 2.65 bits per heavy atom. The van der Waals surface area contributed by atoms with E-state index < -0.39 is 0 Å². The Balaban J connectivity index is 1.65. The number of carbonyl (C=O) groups excluding carboxylic acids is 1. The summed E-state index contributed by atoms with van der Waals surface area (Å²) in [5.74, 6) is 0.791. The number of hydrogen-bond acceptors (Lipinski definition) is 3. The van der Waals surface area contributed by atoms with Gasteiger partial charge in [-0.15, -0.1) is 0 Å². The number of amides is 1. The molecule has 0 bridgehead atoms. The predicted octanol–water partition coefficient (Wildman–Crippen LogP) is 3.30. The smallest absolute Gasteiger partial charge is 0.258 e. The lowest BCUT2D eigenvalue weighted by molar-refractivity contribution is 0.0989. The molecule has 2 aromatic rings. The van der Waals surface area contributed by atoms with E-state index in [4.69, 9.17) is 9.47 Å². The Morgan fingerprint density at radius 1 is 1.09 bits per heavy atom. The Bertz CT molecular complexity index is 667. The van der Waals surface area contributed by atoms with Crippen LogP contribution in [0.15, 0.2) is 48.5 Å². The zero-order valence-corrected chi connectivity index (χ0v) is 13.3. The number of nitrogens with zero attached hydrogens (tertiary/aromatic N) is 1. The van der Waals surface area contributed by atoms with E-state index in [1.807, 2.05) is 54.3 Å². The van der Waals surface area contributed by atoms with Gasteiger partial charge in [0.1, 0.15) is 12.4 Å². The lowest BCUT2D eigenvalue weighted by atomic mass is 10.1. The van der Waals surface area contributed by atoms with E-state index >= 15 is 0 Å². The molecule has 0 spiro atoms. The van der Waals surface area contributed by atoms with Crippen LogP contribution < -0.4 is 9.64 Å². The Morgan fingerprint density at radius 2 is 1.87 bits per heavy atom. The van der Waals surface area contributed by atoms with Crippen LogP contribution in [0.25, 0.3) is 0 Å². The molecule has 23 heavy (non-hydrogen) atoms. The van der Waals surface area contributed by atoms with Crippen LogP contribution in [0.5, 0.6) is 5.75 Å². The fourth-order valence-electron chi connectivity index (χ4n) is 2.76. The molecule has 1 aliphatic rings. The number of ether oxygens (including phenoxy) is 2. The first-order valence-corrected chi connectivity index (χ1v) is 8.00. The third-order valence-electron chi connectivity index (χ3n) is 3.93. The standard InChI is InChI=1S/C19H21NO3/c1-2-22-13-14-23-17-9-7-16(8-10-17)19(21)20-12-11-15-5-3-4-6-18(15)20/h3-10H,2,11-14H2,1H3. The number of hydrogen-bond donors (Lipinski definition) is 0. The van der Waals surface area contributed by atoms with Gasteiger partial charge in [-0.05, 0) is 49.2 Å². The number of fused-ring (bicyclic) bond motifs is 1. The van der Waals surface area contributed by atoms with Gasteiger partial charge in [0.05, 0.1) is 6.61 Å². The van der Waals surface area contributed by atoms with Crippen molar-refractivity contribution in [3.8, 4) is 5.75 Å². The first-order valence-electron chi connectivity index (χ1n) is 8.00. The van der Waals surface area contributed by atoms with Crippen molar-refractivity contribution in [1.29, 1.82) is 0 Å². The first kappa shape index (κ1) is 15.6. The van der Waals surface area contributed by atoms with Gasteiger partial charge in [-0.2, -0.15) is 0 Å². The summed E-state index contributed by atoms with van der Waals surface area (Å²) in [5, 5.41) is 0. The summed E-state index contributed by atoms with van der Waals surface area (Å²) in [7, 11) is 0. The van der Waals surface area contributed by atoms with Crippen molar-refractivity contribution in [3.05, 3.63) is 59.7 Å². The van der Waals surface area contributed by atoms with Crippen molar-refractivity contribution in [2.24, 2.45) is 0 Å². The second-order valence-corrected chi connectivity index (χ2v) is 5.41. The lowest BCUT2D eigenvalue weighted by Crippen LogP contribution is -2.28. The second kappa shape index (κ2) is 7.29. The minimum absolute atomic E-state index is 0.0378. The van der Waals surface area contributed by atoms with Gasteiger partial charge >= 0.3 is 0 Å². The summed E-state index contributed by atoms with van der Waals surface area (Å²) in [6, 6.07) is 15.4. The second-order valence-electron chi connectivity index (χ2n) is 5.41. The van der Waals surface area contributed by atoms with E-state index in [9.17, 15) is 4.79 Å². The molecule has 0 atom stereocenters. The normalized spacial score (nSPS) is 13.0. The van der Waals surface area contributed by atoms with Crippen LogP contribution in [0, 0.1) is 0 Å². The van der Waals surface area contributed by atoms with Crippen molar-refractivity contribution in [1.82, 2.24) is 0 Å². The molecule has 120 valence electrons. The summed E-state index contributed by atoms with van der Waals surface area (Å²) in [5.41, 5.74) is 2.94. The number of benzene rings is 2. The molecule has 0 aromatic heterocycles. The molecule has 0 unspecified atom stereocenters. The molecule has 1 heterocycles. The molecule has 1 aliphatic heterocycles. The quantitative estimate of drug-likeness (QED) is 0.768. The van der Waals surface area contributed by atoms with E-state index in [0.29, 0.717) is 25.4 Å². The molecular formula is C19H21NO3. The average molecular weight is 311 g/mol. The van der Waals surface area contributed by atoms with Gasteiger partial charge < -0.3 is 14.4 Å². The highest BCUT2D eigenvalue weighted by Gasteiger charge is 2.24. The molecule has 0 saturated carbocycles. The highest BCUT2D eigenvalue weighted by Crippen LogP contribution is 2.29. The van der Waals surface area contributed by atoms with Crippen molar-refractivity contribution >= 4 is 11.6 Å². The minimum Gasteiger partial charge on any atom is -0.491 e. The third kappa shape index (κ3) is 3.54. The van der Waals surface area contributed by atoms with Crippen LogP contribution in [0.1, 0.15) is 22.8 Å². The van der Waals surface area contributed by atoms with E-state index in [1.54, 1.807) is 0 Å². The fourth-order valence-corrected chi connectivity index (χ4v) is 2.76. The zero-order chi connectivity index (χ0) is 16.1.